The summed E-state index contributed by atoms with van der Waals surface area (Å²) in [5, 5.41) is 6.71. The Hall–Kier alpha value is -1.74. The second-order valence-electron chi connectivity index (χ2n) is 4.80. The van der Waals surface area contributed by atoms with Crippen molar-refractivity contribution in [3.05, 3.63) is 45.9 Å². The Bertz CT molecular complexity index is 697. The zero-order valence-electron chi connectivity index (χ0n) is 12.4. The van der Waals surface area contributed by atoms with Crippen LogP contribution in [0.4, 0.5) is 13.2 Å². The summed E-state index contributed by atoms with van der Waals surface area (Å²) in [6.45, 7) is 0.948. The smallest absolute Gasteiger partial charge is 0.385 e. The highest BCUT2D eigenvalue weighted by atomic mass is 32.2. The van der Waals surface area contributed by atoms with Gasteiger partial charge in [-0.1, -0.05) is 30.0 Å². The van der Waals surface area contributed by atoms with Gasteiger partial charge in [0.05, 0.1) is 5.56 Å². The molecular weight excluding hydrogens is 331 g/mol. The lowest BCUT2D eigenvalue weighted by atomic mass is 10.1. The molecule has 0 radical (unpaired) electrons. The molecule has 1 heterocycles. The predicted molar refractivity (Wildman–Crippen MR) is 80.3 cm³/mol. The van der Waals surface area contributed by atoms with Gasteiger partial charge in [-0.2, -0.15) is 13.2 Å². The molecule has 0 amide bonds. The number of nitrogens with one attached hydrogen (secondary N) is 1. The number of benzene rings is 1. The molecule has 1 N–H and O–H groups in total. The molecule has 2 aromatic rings. The first-order chi connectivity index (χ1) is 10.9. The van der Waals surface area contributed by atoms with Gasteiger partial charge >= 0.3 is 11.9 Å². The van der Waals surface area contributed by atoms with Crippen LogP contribution in [0.15, 0.2) is 34.2 Å². The van der Waals surface area contributed by atoms with Crippen molar-refractivity contribution in [1.82, 2.24) is 14.8 Å². The van der Waals surface area contributed by atoms with E-state index in [1.165, 1.54) is 22.4 Å². The number of hydrogen-bond acceptors (Lipinski definition) is 4. The summed E-state index contributed by atoms with van der Waals surface area (Å²) in [6.07, 6.45) is -3.72. The van der Waals surface area contributed by atoms with Crippen LogP contribution in [0.1, 0.15) is 17.5 Å². The summed E-state index contributed by atoms with van der Waals surface area (Å²) >= 11 is 1.21. The van der Waals surface area contributed by atoms with Gasteiger partial charge in [0.2, 0.25) is 0 Å². The molecule has 2 rings (SSSR count). The van der Waals surface area contributed by atoms with Crippen molar-refractivity contribution in [3.63, 3.8) is 0 Å². The number of thioether (sulfide) groups is 1. The van der Waals surface area contributed by atoms with E-state index in [0.29, 0.717) is 36.0 Å². The maximum Gasteiger partial charge on any atom is 0.416 e. The van der Waals surface area contributed by atoms with E-state index in [1.807, 2.05) is 0 Å². The van der Waals surface area contributed by atoms with Crippen LogP contribution in [0, 0.1) is 0 Å². The minimum absolute atomic E-state index is 0.290. The Kier molecular flexibility index (Phi) is 5.89. The molecule has 23 heavy (non-hydrogen) atoms. The van der Waals surface area contributed by atoms with E-state index >= 15 is 0 Å². The number of aromatic amines is 1. The van der Waals surface area contributed by atoms with Crippen LogP contribution in [0.25, 0.3) is 0 Å². The van der Waals surface area contributed by atoms with Crippen molar-refractivity contribution >= 4 is 11.8 Å². The molecule has 126 valence electrons. The van der Waals surface area contributed by atoms with E-state index in [4.69, 9.17) is 4.74 Å². The molecule has 0 fully saturated rings. The first-order valence-corrected chi connectivity index (χ1v) is 7.83. The summed E-state index contributed by atoms with van der Waals surface area (Å²) in [6, 6.07) is 5.12. The highest BCUT2D eigenvalue weighted by Gasteiger charge is 2.30. The number of alkyl halides is 3. The molecule has 0 aliphatic rings. The number of hydrogen-bond donors (Lipinski definition) is 1. The zero-order valence-corrected chi connectivity index (χ0v) is 13.2. The van der Waals surface area contributed by atoms with Gasteiger partial charge < -0.3 is 4.74 Å². The summed E-state index contributed by atoms with van der Waals surface area (Å²) in [4.78, 5) is 11.7. The van der Waals surface area contributed by atoms with Crippen molar-refractivity contribution in [1.29, 1.82) is 0 Å². The topological polar surface area (TPSA) is 59.9 Å². The van der Waals surface area contributed by atoms with Crippen LogP contribution in [-0.4, -0.2) is 28.5 Å². The Morgan fingerprint density at radius 3 is 2.87 bits per heavy atom. The molecule has 5 nitrogen and oxygen atoms in total. The number of H-pyrrole nitrogens is 1. The number of rotatable bonds is 7. The monoisotopic (exact) mass is 347 g/mol. The Morgan fingerprint density at radius 1 is 1.39 bits per heavy atom. The molecular formula is C14H16F3N3O2S. The van der Waals surface area contributed by atoms with Crippen molar-refractivity contribution in [3.8, 4) is 0 Å². The van der Waals surface area contributed by atoms with Crippen LogP contribution in [0.2, 0.25) is 0 Å². The lowest BCUT2D eigenvalue weighted by molar-refractivity contribution is -0.137. The van der Waals surface area contributed by atoms with Gasteiger partial charge in [0.25, 0.3) is 0 Å². The molecule has 0 bridgehead atoms. The third kappa shape index (κ3) is 4.87. The van der Waals surface area contributed by atoms with Gasteiger partial charge in [-0.25, -0.2) is 9.89 Å². The van der Waals surface area contributed by atoms with Crippen molar-refractivity contribution in [2.45, 2.75) is 30.1 Å². The molecule has 9 heteroatoms. The fourth-order valence-electron chi connectivity index (χ4n) is 1.96. The van der Waals surface area contributed by atoms with E-state index < -0.39 is 11.7 Å². The minimum atomic E-state index is -4.37. The van der Waals surface area contributed by atoms with E-state index in [2.05, 4.69) is 10.2 Å². The maximum absolute atomic E-state index is 12.7. The van der Waals surface area contributed by atoms with Crippen LogP contribution < -0.4 is 5.69 Å². The average Bonchev–Trinajstić information content (AvgIpc) is 2.86. The first-order valence-electron chi connectivity index (χ1n) is 6.85. The predicted octanol–water partition coefficient (Wildman–Crippen LogP) is 2.92. The molecule has 0 aliphatic heterocycles. The van der Waals surface area contributed by atoms with Gasteiger partial charge in [0.15, 0.2) is 5.16 Å². The van der Waals surface area contributed by atoms with E-state index in [0.717, 1.165) is 12.1 Å². The fraction of sp³-hybridized carbons (Fsp3) is 0.429. The first kappa shape index (κ1) is 17.6. The normalized spacial score (nSPS) is 11.8. The highest BCUT2D eigenvalue weighted by Crippen LogP contribution is 2.30. The van der Waals surface area contributed by atoms with Crippen LogP contribution >= 0.6 is 11.8 Å². The molecule has 0 atom stereocenters. The third-order valence-corrected chi connectivity index (χ3v) is 4.12. The quantitative estimate of drug-likeness (QED) is 0.618. The molecule has 0 saturated carbocycles. The number of aromatic nitrogens is 3. The van der Waals surface area contributed by atoms with Crippen molar-refractivity contribution in [2.75, 3.05) is 13.7 Å². The van der Waals surface area contributed by atoms with Crippen LogP contribution in [0.3, 0.4) is 0 Å². The second kappa shape index (κ2) is 7.69. The van der Waals surface area contributed by atoms with Gasteiger partial charge in [-0.05, 0) is 18.1 Å². The highest BCUT2D eigenvalue weighted by molar-refractivity contribution is 7.98. The van der Waals surface area contributed by atoms with Crippen LogP contribution in [0.5, 0.6) is 0 Å². The van der Waals surface area contributed by atoms with E-state index in [1.54, 1.807) is 13.2 Å². The number of nitrogens with zero attached hydrogens (tertiary/aromatic N) is 2. The Balaban J connectivity index is 2.05. The lowest BCUT2D eigenvalue weighted by Gasteiger charge is -2.09. The van der Waals surface area contributed by atoms with E-state index in [9.17, 15) is 18.0 Å². The summed E-state index contributed by atoms with van der Waals surface area (Å²) in [5.41, 5.74) is -0.508. The minimum Gasteiger partial charge on any atom is -0.385 e. The standard InChI is InChI=1S/C14H16F3N3O2S/c1-22-7-3-6-20-12(21)18-19-13(20)23-9-10-4-2-5-11(8-10)14(15,16)17/h2,4-5,8H,3,6-7,9H2,1H3,(H,18,21). The van der Waals surface area contributed by atoms with Gasteiger partial charge in [-0.15, -0.1) is 5.10 Å². The summed E-state index contributed by atoms with van der Waals surface area (Å²) in [5.74, 6) is 0.290. The molecule has 0 saturated heterocycles. The van der Waals surface area contributed by atoms with Gasteiger partial charge in [0.1, 0.15) is 0 Å². The number of methoxy groups -OCH3 is 1. The SMILES string of the molecule is COCCCn1c(SCc2cccc(C(F)(F)F)c2)n[nH]c1=O. The molecule has 0 spiro atoms. The Morgan fingerprint density at radius 2 is 2.17 bits per heavy atom. The number of ether oxygens (including phenoxy) is 1. The second-order valence-corrected chi connectivity index (χ2v) is 5.74. The molecule has 0 aliphatic carbocycles. The van der Waals surface area contributed by atoms with Gasteiger partial charge in [-0.3, -0.25) is 4.57 Å². The third-order valence-electron chi connectivity index (χ3n) is 3.08. The van der Waals surface area contributed by atoms with Crippen LogP contribution in [-0.2, 0) is 23.2 Å². The summed E-state index contributed by atoms with van der Waals surface area (Å²) < 4.78 is 44.5. The Labute approximate surface area is 134 Å². The van der Waals surface area contributed by atoms with E-state index in [-0.39, 0.29) is 5.69 Å². The maximum atomic E-state index is 12.7. The zero-order chi connectivity index (χ0) is 16.9. The largest absolute Gasteiger partial charge is 0.416 e. The van der Waals surface area contributed by atoms with Gasteiger partial charge in [0, 0.05) is 26.0 Å². The lowest BCUT2D eigenvalue weighted by Crippen LogP contribution is -2.18. The molecule has 0 unspecified atom stereocenters. The number of halogens is 3. The fourth-order valence-corrected chi connectivity index (χ4v) is 2.88. The molecule has 1 aromatic carbocycles. The van der Waals surface area contributed by atoms with Crippen molar-refractivity contribution < 1.29 is 17.9 Å². The summed E-state index contributed by atoms with van der Waals surface area (Å²) in [7, 11) is 1.57. The van der Waals surface area contributed by atoms with Crippen molar-refractivity contribution in [2.24, 2.45) is 0 Å². The molecule has 1 aromatic heterocycles. The average molecular weight is 347 g/mol.